The van der Waals surface area contributed by atoms with Gasteiger partial charge in [0, 0.05) is 11.6 Å². The second-order valence-corrected chi connectivity index (χ2v) is 7.35. The standard InChI is InChI=1S/C13H22N4OS/c1-7-5-8(6-7)15-11(18)9-10(14)16-12(19-9)17-13(2,3)4/h7-8H,5-6,14H2,1-4H3,(H,15,18)(H,16,17). The molecule has 1 amide bonds. The van der Waals surface area contributed by atoms with Gasteiger partial charge in [-0.2, -0.15) is 0 Å². The summed E-state index contributed by atoms with van der Waals surface area (Å²) >= 11 is 1.31. The Balaban J connectivity index is 2.01. The predicted molar refractivity (Wildman–Crippen MR) is 79.6 cm³/mol. The van der Waals surface area contributed by atoms with Crippen LogP contribution in [0, 0.1) is 5.92 Å². The molecule has 0 atom stereocenters. The molecule has 19 heavy (non-hydrogen) atoms. The number of thiazole rings is 1. The monoisotopic (exact) mass is 282 g/mol. The van der Waals surface area contributed by atoms with Gasteiger partial charge in [-0.3, -0.25) is 4.79 Å². The second kappa shape index (κ2) is 5.00. The average molecular weight is 282 g/mol. The van der Waals surface area contributed by atoms with Crippen LogP contribution in [0.25, 0.3) is 0 Å². The Kier molecular flexibility index (Phi) is 3.71. The Morgan fingerprint density at radius 2 is 2.05 bits per heavy atom. The number of nitrogens with zero attached hydrogens (tertiary/aromatic N) is 1. The van der Waals surface area contributed by atoms with Gasteiger partial charge < -0.3 is 16.4 Å². The fourth-order valence-corrected chi connectivity index (χ4v) is 3.14. The van der Waals surface area contributed by atoms with Gasteiger partial charge in [-0.15, -0.1) is 0 Å². The molecule has 106 valence electrons. The molecular weight excluding hydrogens is 260 g/mol. The minimum absolute atomic E-state index is 0.0958. The topological polar surface area (TPSA) is 80.0 Å². The summed E-state index contributed by atoms with van der Waals surface area (Å²) in [5.74, 6) is 0.915. The maximum atomic E-state index is 12.1. The van der Waals surface area contributed by atoms with Crippen LogP contribution in [0.1, 0.15) is 50.2 Å². The summed E-state index contributed by atoms with van der Waals surface area (Å²) in [6.07, 6.45) is 2.11. The summed E-state index contributed by atoms with van der Waals surface area (Å²) in [4.78, 5) is 16.8. The van der Waals surface area contributed by atoms with Crippen LogP contribution in [0.4, 0.5) is 10.9 Å². The molecule has 0 aliphatic heterocycles. The number of hydrogen-bond acceptors (Lipinski definition) is 5. The van der Waals surface area contributed by atoms with Gasteiger partial charge in [0.2, 0.25) is 0 Å². The largest absolute Gasteiger partial charge is 0.382 e. The number of rotatable bonds is 3. The molecule has 0 aromatic carbocycles. The molecule has 4 N–H and O–H groups in total. The van der Waals surface area contributed by atoms with E-state index in [1.165, 1.54) is 11.3 Å². The molecule has 1 aliphatic rings. The molecule has 1 aromatic rings. The zero-order valence-electron chi connectivity index (χ0n) is 11.9. The van der Waals surface area contributed by atoms with Crippen molar-refractivity contribution < 1.29 is 4.79 Å². The van der Waals surface area contributed by atoms with Crippen LogP contribution in [0.5, 0.6) is 0 Å². The van der Waals surface area contributed by atoms with E-state index in [4.69, 9.17) is 5.73 Å². The van der Waals surface area contributed by atoms with Crippen molar-refractivity contribution in [1.29, 1.82) is 0 Å². The van der Waals surface area contributed by atoms with Crippen LogP contribution in [-0.4, -0.2) is 22.5 Å². The molecule has 1 aromatic heterocycles. The van der Waals surface area contributed by atoms with Gasteiger partial charge in [0.15, 0.2) is 5.13 Å². The van der Waals surface area contributed by atoms with Crippen molar-refractivity contribution in [3.8, 4) is 0 Å². The van der Waals surface area contributed by atoms with Crippen LogP contribution < -0.4 is 16.4 Å². The van der Waals surface area contributed by atoms with E-state index < -0.39 is 0 Å². The third kappa shape index (κ3) is 3.59. The lowest BCUT2D eigenvalue weighted by atomic mass is 9.82. The lowest BCUT2D eigenvalue weighted by molar-refractivity contribution is 0.0901. The van der Waals surface area contributed by atoms with E-state index in [1.54, 1.807) is 0 Å². The number of aromatic nitrogens is 1. The third-order valence-electron chi connectivity index (χ3n) is 3.05. The lowest BCUT2D eigenvalue weighted by Crippen LogP contribution is -2.43. The summed E-state index contributed by atoms with van der Waals surface area (Å²) in [5.41, 5.74) is 5.73. The number of nitrogens with one attached hydrogen (secondary N) is 2. The molecule has 0 unspecified atom stereocenters. The molecule has 2 rings (SSSR count). The molecule has 0 spiro atoms. The number of carbonyl (C=O) groups excluding carboxylic acids is 1. The molecule has 0 bridgehead atoms. The van der Waals surface area contributed by atoms with E-state index in [2.05, 4.69) is 22.5 Å². The number of nitrogen functional groups attached to an aromatic ring is 1. The smallest absolute Gasteiger partial charge is 0.265 e. The van der Waals surface area contributed by atoms with Gasteiger partial charge in [-0.25, -0.2) is 4.98 Å². The van der Waals surface area contributed by atoms with E-state index in [9.17, 15) is 4.79 Å². The minimum atomic E-state index is -0.103. The normalized spacial score (nSPS) is 22.7. The first kappa shape index (κ1) is 14.1. The number of hydrogen-bond donors (Lipinski definition) is 3. The van der Waals surface area contributed by atoms with E-state index in [0.717, 1.165) is 12.8 Å². The van der Waals surface area contributed by atoms with Crippen molar-refractivity contribution in [2.24, 2.45) is 5.92 Å². The summed E-state index contributed by atoms with van der Waals surface area (Å²) in [6.45, 7) is 8.31. The third-order valence-corrected chi connectivity index (χ3v) is 4.04. The van der Waals surface area contributed by atoms with Crippen molar-refractivity contribution in [3.63, 3.8) is 0 Å². The first-order chi connectivity index (χ1) is 8.74. The van der Waals surface area contributed by atoms with Crippen molar-refractivity contribution in [2.75, 3.05) is 11.1 Å². The second-order valence-electron chi connectivity index (χ2n) is 6.36. The van der Waals surface area contributed by atoms with Crippen molar-refractivity contribution in [1.82, 2.24) is 10.3 Å². The molecule has 1 aliphatic carbocycles. The fraction of sp³-hybridized carbons (Fsp3) is 0.692. The Bertz CT molecular complexity index is 471. The minimum Gasteiger partial charge on any atom is -0.382 e. The van der Waals surface area contributed by atoms with Crippen molar-refractivity contribution >= 4 is 28.2 Å². The summed E-state index contributed by atoms with van der Waals surface area (Å²) in [6, 6.07) is 0.294. The van der Waals surface area contributed by atoms with Gasteiger partial charge in [0.25, 0.3) is 5.91 Å². The van der Waals surface area contributed by atoms with Gasteiger partial charge in [0.05, 0.1) is 0 Å². The highest BCUT2D eigenvalue weighted by Crippen LogP contribution is 2.30. The Hall–Kier alpha value is -1.30. The first-order valence-electron chi connectivity index (χ1n) is 6.60. The Morgan fingerprint density at radius 1 is 1.42 bits per heavy atom. The van der Waals surface area contributed by atoms with Gasteiger partial charge in [-0.05, 0) is 39.5 Å². The highest BCUT2D eigenvalue weighted by atomic mass is 32.1. The summed E-state index contributed by atoms with van der Waals surface area (Å²) < 4.78 is 0. The van der Waals surface area contributed by atoms with E-state index >= 15 is 0 Å². The van der Waals surface area contributed by atoms with Crippen LogP contribution in [-0.2, 0) is 0 Å². The molecule has 0 radical (unpaired) electrons. The Morgan fingerprint density at radius 3 is 2.58 bits per heavy atom. The first-order valence-corrected chi connectivity index (χ1v) is 7.41. The zero-order chi connectivity index (χ0) is 14.2. The summed E-state index contributed by atoms with van der Waals surface area (Å²) in [7, 11) is 0. The molecule has 0 saturated heterocycles. The van der Waals surface area contributed by atoms with E-state index in [1.807, 2.05) is 20.8 Å². The summed E-state index contributed by atoms with van der Waals surface area (Å²) in [5, 5.41) is 6.93. The maximum absolute atomic E-state index is 12.1. The SMILES string of the molecule is CC1CC(NC(=O)c2sc(NC(C)(C)C)nc2N)C1. The van der Waals surface area contributed by atoms with Crippen LogP contribution >= 0.6 is 11.3 Å². The average Bonchev–Trinajstić information content (AvgIpc) is 2.54. The van der Waals surface area contributed by atoms with Crippen LogP contribution in [0.2, 0.25) is 0 Å². The van der Waals surface area contributed by atoms with Gasteiger partial charge in [0.1, 0.15) is 10.7 Å². The van der Waals surface area contributed by atoms with Crippen LogP contribution in [0.15, 0.2) is 0 Å². The highest BCUT2D eigenvalue weighted by Gasteiger charge is 2.28. The fourth-order valence-electron chi connectivity index (χ4n) is 2.14. The van der Waals surface area contributed by atoms with Crippen molar-refractivity contribution in [2.45, 2.75) is 52.1 Å². The van der Waals surface area contributed by atoms with E-state index in [-0.39, 0.29) is 11.4 Å². The highest BCUT2D eigenvalue weighted by molar-refractivity contribution is 7.18. The quantitative estimate of drug-likeness (QED) is 0.795. The van der Waals surface area contributed by atoms with Gasteiger partial charge >= 0.3 is 0 Å². The molecule has 6 heteroatoms. The van der Waals surface area contributed by atoms with Gasteiger partial charge in [-0.1, -0.05) is 18.3 Å². The molecule has 1 saturated carbocycles. The predicted octanol–water partition coefficient (Wildman–Crippen LogP) is 2.46. The molecule has 5 nitrogen and oxygen atoms in total. The molecule has 1 fully saturated rings. The molecular formula is C13H22N4OS. The van der Waals surface area contributed by atoms with E-state index in [0.29, 0.717) is 27.8 Å². The zero-order valence-corrected chi connectivity index (χ0v) is 12.7. The molecule has 1 heterocycles. The lowest BCUT2D eigenvalue weighted by Gasteiger charge is -2.33. The Labute approximate surface area is 118 Å². The number of amides is 1. The number of carbonyl (C=O) groups is 1. The number of nitrogens with two attached hydrogens (primary N) is 1. The van der Waals surface area contributed by atoms with Crippen molar-refractivity contribution in [3.05, 3.63) is 4.88 Å². The maximum Gasteiger partial charge on any atom is 0.265 e. The van der Waals surface area contributed by atoms with Crippen LogP contribution in [0.3, 0.4) is 0 Å². The number of anilines is 2.